The van der Waals surface area contributed by atoms with Crippen molar-refractivity contribution in [1.29, 1.82) is 0 Å². The monoisotopic (exact) mass is 479 g/mol. The summed E-state index contributed by atoms with van der Waals surface area (Å²) in [6.45, 7) is 6.49. The highest BCUT2D eigenvalue weighted by Crippen LogP contribution is 2.29. The minimum Gasteiger partial charge on any atom is -0.495 e. The highest BCUT2D eigenvalue weighted by atomic mass is 32.2. The summed E-state index contributed by atoms with van der Waals surface area (Å²) in [6, 6.07) is 13.1. The number of aryl methyl sites for hydroxylation is 2. The fraction of sp³-hybridized carbons (Fsp3) is 0.360. The summed E-state index contributed by atoms with van der Waals surface area (Å²) in [7, 11) is 1.58. The number of nitrogens with one attached hydrogen (secondary N) is 1. The molecule has 0 saturated heterocycles. The van der Waals surface area contributed by atoms with E-state index in [9.17, 15) is 9.59 Å². The van der Waals surface area contributed by atoms with Crippen LogP contribution in [0.25, 0.3) is 16.7 Å². The van der Waals surface area contributed by atoms with Crippen molar-refractivity contribution in [2.24, 2.45) is 0 Å². The van der Waals surface area contributed by atoms with Crippen LogP contribution < -0.4 is 15.6 Å². The van der Waals surface area contributed by atoms with Crippen molar-refractivity contribution in [3.8, 4) is 5.75 Å². The maximum absolute atomic E-state index is 13.2. The third-order valence-corrected chi connectivity index (χ3v) is 6.77. The first-order valence-corrected chi connectivity index (χ1v) is 12.3. The maximum atomic E-state index is 13.2. The Morgan fingerprint density at radius 3 is 2.74 bits per heavy atom. The van der Waals surface area contributed by atoms with Gasteiger partial charge >= 0.3 is 0 Å². The largest absolute Gasteiger partial charge is 0.495 e. The van der Waals surface area contributed by atoms with Crippen molar-refractivity contribution < 1.29 is 9.53 Å². The van der Waals surface area contributed by atoms with Gasteiger partial charge in [0.1, 0.15) is 5.75 Å². The second kappa shape index (κ2) is 10.3. The van der Waals surface area contributed by atoms with Gasteiger partial charge in [-0.25, -0.2) is 0 Å². The zero-order valence-electron chi connectivity index (χ0n) is 19.9. The van der Waals surface area contributed by atoms with Crippen LogP contribution in [0.3, 0.4) is 0 Å². The Morgan fingerprint density at radius 1 is 1.18 bits per heavy atom. The number of thioether (sulfide) groups is 1. The maximum Gasteiger partial charge on any atom is 0.262 e. The fourth-order valence-electron chi connectivity index (χ4n) is 3.90. The molecule has 2 heterocycles. The molecule has 0 aliphatic carbocycles. The number of fused-ring (bicyclic) bond motifs is 3. The molecule has 178 valence electrons. The predicted octanol–water partition coefficient (Wildman–Crippen LogP) is 4.67. The van der Waals surface area contributed by atoms with Gasteiger partial charge < -0.3 is 10.1 Å². The summed E-state index contributed by atoms with van der Waals surface area (Å²) < 4.78 is 8.95. The van der Waals surface area contributed by atoms with E-state index in [2.05, 4.69) is 22.4 Å². The Kier molecular flexibility index (Phi) is 7.21. The molecule has 1 N–H and O–H groups in total. The Hall–Kier alpha value is -3.33. The second-order valence-electron chi connectivity index (χ2n) is 8.25. The smallest absolute Gasteiger partial charge is 0.262 e. The highest BCUT2D eigenvalue weighted by molar-refractivity contribution is 8.00. The van der Waals surface area contributed by atoms with Crippen LogP contribution in [-0.4, -0.2) is 37.4 Å². The van der Waals surface area contributed by atoms with E-state index in [1.165, 1.54) is 11.8 Å². The molecule has 2 aromatic heterocycles. The van der Waals surface area contributed by atoms with Gasteiger partial charge in [-0.15, -0.1) is 10.2 Å². The van der Waals surface area contributed by atoms with Crippen molar-refractivity contribution >= 4 is 40.0 Å². The zero-order valence-corrected chi connectivity index (χ0v) is 20.7. The third-order valence-electron chi connectivity index (χ3n) is 5.73. The normalized spacial score (nSPS) is 12.2. The Balaban J connectivity index is 1.68. The number of hydrogen-bond donors (Lipinski definition) is 1. The number of amides is 1. The van der Waals surface area contributed by atoms with Crippen molar-refractivity contribution in [1.82, 2.24) is 19.2 Å². The molecule has 4 rings (SSSR count). The first-order valence-electron chi connectivity index (χ1n) is 11.4. The quantitative estimate of drug-likeness (QED) is 0.277. The Morgan fingerprint density at radius 2 is 1.97 bits per heavy atom. The lowest BCUT2D eigenvalue weighted by atomic mass is 10.2. The van der Waals surface area contributed by atoms with Crippen molar-refractivity contribution in [2.45, 2.75) is 57.0 Å². The van der Waals surface area contributed by atoms with E-state index in [1.54, 1.807) is 11.7 Å². The van der Waals surface area contributed by atoms with Gasteiger partial charge in [0.15, 0.2) is 5.16 Å². The molecule has 2 aromatic carbocycles. The topological polar surface area (TPSA) is 90.5 Å². The molecule has 0 aliphatic heterocycles. The summed E-state index contributed by atoms with van der Waals surface area (Å²) in [5.41, 5.74) is 2.31. The molecule has 34 heavy (non-hydrogen) atoms. The van der Waals surface area contributed by atoms with E-state index in [0.29, 0.717) is 34.3 Å². The number of nitrogens with zero attached hydrogens (tertiary/aromatic N) is 4. The number of hydrogen-bond acceptors (Lipinski definition) is 6. The van der Waals surface area contributed by atoms with Crippen LogP contribution in [-0.2, 0) is 11.3 Å². The molecule has 0 saturated carbocycles. The number of benzene rings is 2. The molecular formula is C25H29N5O3S. The van der Waals surface area contributed by atoms with Crippen LogP contribution in [0.15, 0.2) is 52.4 Å². The van der Waals surface area contributed by atoms with Gasteiger partial charge in [0.25, 0.3) is 5.56 Å². The fourth-order valence-corrected chi connectivity index (χ4v) is 4.75. The van der Waals surface area contributed by atoms with E-state index < -0.39 is 5.25 Å². The van der Waals surface area contributed by atoms with E-state index in [0.717, 1.165) is 30.3 Å². The van der Waals surface area contributed by atoms with Gasteiger partial charge in [-0.2, -0.15) is 0 Å². The SMILES string of the molecule is CCCCCn1c(=O)c2ccccc2n2c(SC(C)C(=O)Nc3cc(C)ccc3OC)nnc12. The number of para-hydroxylation sites is 1. The van der Waals surface area contributed by atoms with Crippen LogP contribution in [0.4, 0.5) is 5.69 Å². The number of rotatable bonds is 9. The summed E-state index contributed by atoms with van der Waals surface area (Å²) >= 11 is 1.30. The molecule has 0 aliphatic rings. The van der Waals surface area contributed by atoms with Gasteiger partial charge in [0, 0.05) is 6.54 Å². The first kappa shape index (κ1) is 23.8. The highest BCUT2D eigenvalue weighted by Gasteiger charge is 2.22. The average Bonchev–Trinajstić information content (AvgIpc) is 3.25. The molecule has 4 aromatic rings. The van der Waals surface area contributed by atoms with Crippen LogP contribution in [0.2, 0.25) is 0 Å². The number of carbonyl (C=O) groups is 1. The molecule has 8 nitrogen and oxygen atoms in total. The second-order valence-corrected chi connectivity index (χ2v) is 9.56. The van der Waals surface area contributed by atoms with E-state index in [1.807, 2.05) is 60.7 Å². The molecular weight excluding hydrogens is 450 g/mol. The number of aromatic nitrogens is 4. The van der Waals surface area contributed by atoms with Crippen LogP contribution in [0.5, 0.6) is 5.75 Å². The summed E-state index contributed by atoms with van der Waals surface area (Å²) in [5, 5.41) is 12.4. The van der Waals surface area contributed by atoms with Crippen molar-refractivity contribution in [2.75, 3.05) is 12.4 Å². The predicted molar refractivity (Wildman–Crippen MR) is 136 cm³/mol. The van der Waals surface area contributed by atoms with Crippen LogP contribution >= 0.6 is 11.8 Å². The lowest BCUT2D eigenvalue weighted by Crippen LogP contribution is -2.24. The minimum atomic E-state index is -0.461. The molecule has 0 fully saturated rings. The van der Waals surface area contributed by atoms with Gasteiger partial charge in [-0.1, -0.05) is 49.7 Å². The Labute approximate surface area is 202 Å². The number of unbranched alkanes of at least 4 members (excludes halogenated alkanes) is 2. The number of ether oxygens (including phenoxy) is 1. The van der Waals surface area contributed by atoms with Crippen molar-refractivity contribution in [3.63, 3.8) is 0 Å². The number of carbonyl (C=O) groups excluding carboxylic acids is 1. The summed E-state index contributed by atoms with van der Waals surface area (Å²) in [4.78, 5) is 26.2. The number of methoxy groups -OCH3 is 1. The van der Waals surface area contributed by atoms with E-state index >= 15 is 0 Å². The molecule has 9 heteroatoms. The zero-order chi connectivity index (χ0) is 24.2. The Bertz CT molecular complexity index is 1390. The summed E-state index contributed by atoms with van der Waals surface area (Å²) in [5.74, 6) is 0.924. The minimum absolute atomic E-state index is 0.0690. The molecule has 0 radical (unpaired) electrons. The first-order chi connectivity index (χ1) is 16.4. The molecule has 1 atom stereocenters. The van der Waals surface area contributed by atoms with Crippen LogP contribution in [0.1, 0.15) is 38.7 Å². The van der Waals surface area contributed by atoms with E-state index in [-0.39, 0.29) is 11.5 Å². The van der Waals surface area contributed by atoms with Gasteiger partial charge in [-0.05, 0) is 50.1 Å². The average molecular weight is 480 g/mol. The van der Waals surface area contributed by atoms with Crippen molar-refractivity contribution in [3.05, 3.63) is 58.4 Å². The molecule has 1 amide bonds. The lowest BCUT2D eigenvalue weighted by molar-refractivity contribution is -0.115. The van der Waals surface area contributed by atoms with E-state index in [4.69, 9.17) is 4.74 Å². The molecule has 0 bridgehead atoms. The van der Waals surface area contributed by atoms with Gasteiger partial charge in [0.05, 0.1) is 29.0 Å². The number of anilines is 1. The summed E-state index contributed by atoms with van der Waals surface area (Å²) in [6.07, 6.45) is 2.97. The molecule has 1 unspecified atom stereocenters. The lowest BCUT2D eigenvalue weighted by Gasteiger charge is -2.15. The molecule has 0 spiro atoms. The van der Waals surface area contributed by atoms with Gasteiger partial charge in [-0.3, -0.25) is 18.6 Å². The van der Waals surface area contributed by atoms with Crippen LogP contribution in [0, 0.1) is 6.92 Å². The van der Waals surface area contributed by atoms with Gasteiger partial charge in [0.2, 0.25) is 11.7 Å². The third kappa shape index (κ3) is 4.65. The standard InChI is InChI=1S/C25H29N5O3S/c1-5-6-9-14-29-23(32)18-10-7-8-11-20(18)30-24(29)27-28-25(30)34-17(3)22(31)26-19-15-16(2)12-13-21(19)33-4/h7-8,10-13,15,17H,5-6,9,14H2,1-4H3,(H,26,31).